The van der Waals surface area contributed by atoms with Gasteiger partial charge >= 0.3 is 0 Å². The molecule has 3 atom stereocenters. The monoisotopic (exact) mass is 251 g/mol. The number of hydrogen-bond donors (Lipinski definition) is 1. The van der Waals surface area contributed by atoms with Gasteiger partial charge in [0.2, 0.25) is 0 Å². The Kier molecular flexibility index (Phi) is 4.80. The van der Waals surface area contributed by atoms with Crippen LogP contribution >= 0.6 is 11.8 Å². The fraction of sp³-hybridized carbons (Fsp3) is 0.692. The molecule has 0 radical (unpaired) electrons. The van der Waals surface area contributed by atoms with Gasteiger partial charge in [0.05, 0.1) is 0 Å². The molecule has 0 bridgehead atoms. The smallest absolute Gasteiger partial charge is 0.187 e. The summed E-state index contributed by atoms with van der Waals surface area (Å²) in [7, 11) is 2.07. The molecule has 17 heavy (non-hydrogen) atoms. The third-order valence-electron chi connectivity index (χ3n) is 3.65. The predicted octanol–water partition coefficient (Wildman–Crippen LogP) is 2.74. The van der Waals surface area contributed by atoms with Gasteiger partial charge in [-0.25, -0.2) is 9.97 Å². The number of aromatic nitrogens is 2. The zero-order chi connectivity index (χ0) is 12.1. The molecule has 94 valence electrons. The van der Waals surface area contributed by atoms with Gasteiger partial charge in [-0.1, -0.05) is 25.1 Å². The molecule has 1 N–H and O–H groups in total. The standard InChI is InChI=1S/C13H21N3S/c1-3-10-5-6-11(14-2)12(9-10)17-13-15-7-4-8-16-13/h4,7-8,10-12,14H,3,5-6,9H2,1-2H3. The van der Waals surface area contributed by atoms with Crippen molar-refractivity contribution in [3.63, 3.8) is 0 Å². The van der Waals surface area contributed by atoms with Crippen LogP contribution in [-0.2, 0) is 0 Å². The van der Waals surface area contributed by atoms with Crippen LogP contribution in [0.2, 0.25) is 0 Å². The molecule has 0 amide bonds. The Hall–Kier alpha value is -0.610. The van der Waals surface area contributed by atoms with Crippen molar-refractivity contribution >= 4 is 11.8 Å². The van der Waals surface area contributed by atoms with Crippen LogP contribution < -0.4 is 5.32 Å². The largest absolute Gasteiger partial charge is 0.316 e. The number of nitrogens with zero attached hydrogens (tertiary/aromatic N) is 2. The van der Waals surface area contributed by atoms with Gasteiger partial charge in [0.25, 0.3) is 0 Å². The van der Waals surface area contributed by atoms with Crippen LogP contribution in [0.4, 0.5) is 0 Å². The average Bonchev–Trinajstić information content (AvgIpc) is 2.40. The summed E-state index contributed by atoms with van der Waals surface area (Å²) in [5, 5.41) is 4.97. The van der Waals surface area contributed by atoms with E-state index in [4.69, 9.17) is 0 Å². The van der Waals surface area contributed by atoms with Crippen LogP contribution in [0.25, 0.3) is 0 Å². The van der Waals surface area contributed by atoms with E-state index in [1.54, 1.807) is 0 Å². The van der Waals surface area contributed by atoms with Crippen molar-refractivity contribution in [3.8, 4) is 0 Å². The zero-order valence-corrected chi connectivity index (χ0v) is 11.4. The van der Waals surface area contributed by atoms with Gasteiger partial charge in [-0.15, -0.1) is 0 Å². The number of hydrogen-bond acceptors (Lipinski definition) is 4. The Balaban J connectivity index is 2.00. The number of nitrogens with one attached hydrogen (secondary N) is 1. The highest BCUT2D eigenvalue weighted by Crippen LogP contribution is 2.36. The first-order chi connectivity index (χ1) is 8.33. The van der Waals surface area contributed by atoms with Gasteiger partial charge in [-0.2, -0.15) is 0 Å². The second-order valence-electron chi connectivity index (χ2n) is 4.67. The summed E-state index contributed by atoms with van der Waals surface area (Å²) >= 11 is 1.83. The first kappa shape index (κ1) is 12.8. The highest BCUT2D eigenvalue weighted by atomic mass is 32.2. The molecule has 4 heteroatoms. The molecule has 3 unspecified atom stereocenters. The summed E-state index contributed by atoms with van der Waals surface area (Å²) in [4.78, 5) is 8.63. The average molecular weight is 251 g/mol. The minimum atomic E-state index is 0.603. The summed E-state index contributed by atoms with van der Waals surface area (Å²) in [6.45, 7) is 2.30. The normalized spacial score (nSPS) is 29.2. The molecule has 3 nitrogen and oxygen atoms in total. The molecule has 1 fully saturated rings. The zero-order valence-electron chi connectivity index (χ0n) is 10.6. The Morgan fingerprint density at radius 2 is 2.12 bits per heavy atom. The van der Waals surface area contributed by atoms with E-state index in [0.717, 1.165) is 11.1 Å². The van der Waals surface area contributed by atoms with Gasteiger partial charge in [0, 0.05) is 23.7 Å². The van der Waals surface area contributed by atoms with Crippen molar-refractivity contribution < 1.29 is 0 Å². The van der Waals surface area contributed by atoms with E-state index in [0.29, 0.717) is 11.3 Å². The van der Waals surface area contributed by atoms with E-state index < -0.39 is 0 Å². The van der Waals surface area contributed by atoms with E-state index >= 15 is 0 Å². The molecule has 1 saturated carbocycles. The molecular weight excluding hydrogens is 230 g/mol. The second-order valence-corrected chi connectivity index (χ2v) is 5.88. The van der Waals surface area contributed by atoms with Crippen LogP contribution in [0.15, 0.2) is 23.6 Å². The fourth-order valence-corrected chi connectivity index (χ4v) is 3.84. The quantitative estimate of drug-likeness (QED) is 0.835. The lowest BCUT2D eigenvalue weighted by atomic mass is 9.84. The van der Waals surface area contributed by atoms with E-state index in [1.165, 1.54) is 25.7 Å². The minimum Gasteiger partial charge on any atom is -0.316 e. The molecule has 0 aliphatic heterocycles. The van der Waals surface area contributed by atoms with Crippen LogP contribution in [0.5, 0.6) is 0 Å². The highest BCUT2D eigenvalue weighted by Gasteiger charge is 2.30. The molecular formula is C13H21N3S. The first-order valence-corrected chi connectivity index (χ1v) is 7.32. The lowest BCUT2D eigenvalue weighted by Crippen LogP contribution is -2.40. The van der Waals surface area contributed by atoms with Crippen molar-refractivity contribution in [1.29, 1.82) is 0 Å². The van der Waals surface area contributed by atoms with Crippen molar-refractivity contribution in [2.45, 2.75) is 49.1 Å². The van der Waals surface area contributed by atoms with Crippen LogP contribution in [0.3, 0.4) is 0 Å². The van der Waals surface area contributed by atoms with E-state index in [-0.39, 0.29) is 0 Å². The molecule has 0 spiro atoms. The van der Waals surface area contributed by atoms with Gasteiger partial charge in [0.15, 0.2) is 5.16 Å². The number of thioether (sulfide) groups is 1. The van der Waals surface area contributed by atoms with Crippen LogP contribution in [0, 0.1) is 5.92 Å². The molecule has 1 aromatic rings. The van der Waals surface area contributed by atoms with Crippen molar-refractivity contribution in [3.05, 3.63) is 18.5 Å². The van der Waals surface area contributed by atoms with Gasteiger partial charge in [-0.3, -0.25) is 0 Å². The Morgan fingerprint density at radius 1 is 1.35 bits per heavy atom. The molecule has 1 heterocycles. The molecule has 2 rings (SSSR count). The van der Waals surface area contributed by atoms with Crippen molar-refractivity contribution in [2.24, 2.45) is 5.92 Å². The van der Waals surface area contributed by atoms with Gasteiger partial charge in [0.1, 0.15) is 0 Å². The number of rotatable bonds is 4. The maximum Gasteiger partial charge on any atom is 0.187 e. The minimum absolute atomic E-state index is 0.603. The highest BCUT2D eigenvalue weighted by molar-refractivity contribution is 7.99. The van der Waals surface area contributed by atoms with Crippen molar-refractivity contribution in [2.75, 3.05) is 7.05 Å². The Bertz CT molecular complexity index is 331. The molecule has 0 saturated heterocycles. The summed E-state index contributed by atoms with van der Waals surface area (Å²) in [5.41, 5.74) is 0. The summed E-state index contributed by atoms with van der Waals surface area (Å²) in [6.07, 6.45) is 8.86. The summed E-state index contributed by atoms with van der Waals surface area (Å²) in [5.74, 6) is 0.876. The second kappa shape index (κ2) is 6.36. The summed E-state index contributed by atoms with van der Waals surface area (Å²) < 4.78 is 0. The third-order valence-corrected chi connectivity index (χ3v) is 4.89. The lowest BCUT2D eigenvalue weighted by Gasteiger charge is -2.34. The lowest BCUT2D eigenvalue weighted by molar-refractivity contribution is 0.304. The fourth-order valence-electron chi connectivity index (χ4n) is 2.52. The molecule has 0 aromatic carbocycles. The van der Waals surface area contributed by atoms with Gasteiger partial charge < -0.3 is 5.32 Å². The molecule has 1 aliphatic rings. The SMILES string of the molecule is CCC1CCC(NC)C(Sc2ncccn2)C1. The van der Waals surface area contributed by atoms with Crippen LogP contribution in [-0.4, -0.2) is 28.3 Å². The van der Waals surface area contributed by atoms with E-state index in [9.17, 15) is 0 Å². The summed E-state index contributed by atoms with van der Waals surface area (Å²) in [6, 6.07) is 2.47. The van der Waals surface area contributed by atoms with Crippen LogP contribution in [0.1, 0.15) is 32.6 Å². The van der Waals surface area contributed by atoms with E-state index in [1.807, 2.05) is 30.2 Å². The molecule has 1 aliphatic carbocycles. The van der Waals surface area contributed by atoms with E-state index in [2.05, 4.69) is 29.3 Å². The third kappa shape index (κ3) is 3.42. The van der Waals surface area contributed by atoms with Crippen molar-refractivity contribution in [1.82, 2.24) is 15.3 Å². The molecule has 1 aromatic heterocycles. The predicted molar refractivity (Wildman–Crippen MR) is 72.2 cm³/mol. The maximum atomic E-state index is 4.32. The Labute approximate surface area is 108 Å². The topological polar surface area (TPSA) is 37.8 Å². The maximum absolute atomic E-state index is 4.32. The van der Waals surface area contributed by atoms with Gasteiger partial charge in [-0.05, 0) is 38.3 Å². The Morgan fingerprint density at radius 3 is 2.76 bits per heavy atom. The first-order valence-electron chi connectivity index (χ1n) is 6.44.